The molecule has 0 bridgehead atoms. The van der Waals surface area contributed by atoms with Crippen LogP contribution in [0.5, 0.6) is 17.2 Å². The van der Waals surface area contributed by atoms with Crippen LogP contribution in [0, 0.1) is 10.1 Å². The maximum absolute atomic E-state index is 13.0. The molecule has 0 N–H and O–H groups in total. The van der Waals surface area contributed by atoms with Crippen LogP contribution >= 0.6 is 0 Å². The minimum Gasteiger partial charge on any atom is -0.492 e. The normalized spacial score (nSPS) is 12.2. The van der Waals surface area contributed by atoms with E-state index in [1.54, 1.807) is 24.3 Å². The summed E-state index contributed by atoms with van der Waals surface area (Å²) in [5.74, 6) is 0.354. The van der Waals surface area contributed by atoms with Crippen LogP contribution in [-0.2, 0) is 14.8 Å². The number of nitrogens with zero attached hydrogens (tertiary/aromatic N) is 2. The Balaban J connectivity index is 1.73. The zero-order valence-corrected chi connectivity index (χ0v) is 19.7. The molecular weight excluding hydrogens is 480 g/mol. The van der Waals surface area contributed by atoms with Gasteiger partial charge in [-0.3, -0.25) is 14.4 Å². The number of anilines is 1. The number of nitro benzene ring substituents is 1. The highest BCUT2D eigenvalue weighted by molar-refractivity contribution is 7.92. The molecule has 1 aliphatic rings. The summed E-state index contributed by atoms with van der Waals surface area (Å²) in [6, 6.07) is 12.5. The quantitative estimate of drug-likeness (QED) is 0.271. The fourth-order valence-corrected chi connectivity index (χ4v) is 4.83. The van der Waals surface area contributed by atoms with E-state index in [1.165, 1.54) is 39.5 Å². The van der Waals surface area contributed by atoms with E-state index >= 15 is 0 Å². The largest absolute Gasteiger partial charge is 0.492 e. The number of carbonyl (C=O) groups is 1. The molecule has 12 heteroatoms. The number of benzene rings is 3. The van der Waals surface area contributed by atoms with Gasteiger partial charge in [0.1, 0.15) is 0 Å². The smallest absolute Gasteiger partial charge is 0.338 e. The van der Waals surface area contributed by atoms with Crippen molar-refractivity contribution in [2.24, 2.45) is 0 Å². The number of rotatable bonds is 7. The van der Waals surface area contributed by atoms with E-state index in [1.807, 2.05) is 0 Å². The summed E-state index contributed by atoms with van der Waals surface area (Å²) in [5, 5.41) is 10.9. The average molecular weight is 500 g/mol. The summed E-state index contributed by atoms with van der Waals surface area (Å²) in [4.78, 5) is 22.7. The molecule has 0 amide bonds. The molecule has 182 valence electrons. The van der Waals surface area contributed by atoms with Gasteiger partial charge in [-0.15, -0.1) is 0 Å². The van der Waals surface area contributed by atoms with Gasteiger partial charge in [0.05, 0.1) is 35.3 Å². The number of hydrogen-bond acceptors (Lipinski definition) is 9. The van der Waals surface area contributed by atoms with Crippen molar-refractivity contribution in [1.29, 1.82) is 0 Å². The van der Waals surface area contributed by atoms with Gasteiger partial charge in [0.15, 0.2) is 11.5 Å². The van der Waals surface area contributed by atoms with Crippen molar-refractivity contribution in [3.63, 3.8) is 0 Å². The lowest BCUT2D eigenvalue weighted by Crippen LogP contribution is -2.26. The Morgan fingerprint density at radius 1 is 1.06 bits per heavy atom. The number of esters is 1. The van der Waals surface area contributed by atoms with E-state index in [4.69, 9.17) is 18.9 Å². The van der Waals surface area contributed by atoms with E-state index in [9.17, 15) is 23.3 Å². The molecule has 3 aromatic rings. The number of non-ortho nitro benzene ring substituents is 1. The van der Waals surface area contributed by atoms with Crippen LogP contribution in [0.2, 0.25) is 0 Å². The van der Waals surface area contributed by atoms with Gasteiger partial charge < -0.3 is 18.9 Å². The fourth-order valence-electron chi connectivity index (χ4n) is 3.64. The van der Waals surface area contributed by atoms with Gasteiger partial charge in [-0.1, -0.05) is 12.1 Å². The average Bonchev–Trinajstić information content (AvgIpc) is 3.35. The van der Waals surface area contributed by atoms with Gasteiger partial charge >= 0.3 is 5.97 Å². The number of ether oxygens (including phenoxy) is 4. The van der Waals surface area contributed by atoms with E-state index in [-0.39, 0.29) is 28.7 Å². The predicted molar refractivity (Wildman–Crippen MR) is 125 cm³/mol. The molecule has 1 heterocycles. The minimum atomic E-state index is -3.98. The van der Waals surface area contributed by atoms with Gasteiger partial charge in [-0.05, 0) is 35.9 Å². The van der Waals surface area contributed by atoms with E-state index < -0.39 is 20.9 Å². The monoisotopic (exact) mass is 500 g/mol. The Labute approximate surface area is 200 Å². The molecule has 11 nitrogen and oxygen atoms in total. The number of sulfonamides is 1. The first-order chi connectivity index (χ1) is 16.7. The lowest BCUT2D eigenvalue weighted by atomic mass is 9.97. The van der Waals surface area contributed by atoms with Gasteiger partial charge in [0.25, 0.3) is 15.7 Å². The first kappa shape index (κ1) is 23.8. The summed E-state index contributed by atoms with van der Waals surface area (Å²) in [7, 11) is 0.0704. The SMILES string of the molecule is COC(=O)c1cc2c(c(OC)c1-c1ccc(N(C)S(=O)(=O)c3ccc([N+](=O)[O-])cc3)cc1)OCO2. The molecule has 0 spiro atoms. The second-order valence-electron chi connectivity index (χ2n) is 7.33. The molecule has 0 atom stereocenters. The summed E-state index contributed by atoms with van der Waals surface area (Å²) >= 11 is 0. The lowest BCUT2D eigenvalue weighted by Gasteiger charge is -2.20. The van der Waals surface area contributed by atoms with E-state index in [0.717, 1.165) is 16.4 Å². The standard InChI is InChI=1S/C23H20N2O9S/c1-24(35(29,30)17-10-8-16(9-11-17)25(27)28)15-6-4-14(5-7-15)20-18(23(26)32-3)12-19-21(22(20)31-2)34-13-33-19/h4-12H,13H2,1-3H3. The van der Waals surface area contributed by atoms with E-state index in [0.29, 0.717) is 28.3 Å². The molecule has 0 radical (unpaired) electrons. The van der Waals surface area contributed by atoms with Crippen LogP contribution in [0.15, 0.2) is 59.5 Å². The third kappa shape index (κ3) is 4.19. The minimum absolute atomic E-state index is 0.0278. The van der Waals surface area contributed by atoms with Crippen molar-refractivity contribution < 1.29 is 37.1 Å². The first-order valence-corrected chi connectivity index (χ1v) is 11.6. The highest BCUT2D eigenvalue weighted by Gasteiger charge is 2.29. The summed E-state index contributed by atoms with van der Waals surface area (Å²) in [5.41, 5.74) is 1.25. The molecule has 0 unspecified atom stereocenters. The van der Waals surface area contributed by atoms with Gasteiger partial charge in [0, 0.05) is 24.7 Å². The summed E-state index contributed by atoms with van der Waals surface area (Å²) in [6.45, 7) is -0.0278. The zero-order valence-electron chi connectivity index (χ0n) is 18.9. The lowest BCUT2D eigenvalue weighted by molar-refractivity contribution is -0.384. The molecule has 0 saturated heterocycles. The highest BCUT2D eigenvalue weighted by Crippen LogP contribution is 2.49. The fraction of sp³-hybridized carbons (Fsp3) is 0.174. The van der Waals surface area contributed by atoms with Crippen molar-refractivity contribution in [3.8, 4) is 28.4 Å². The Kier molecular flexibility index (Phi) is 6.22. The van der Waals surface area contributed by atoms with Crippen LogP contribution in [-0.4, -0.2) is 47.4 Å². The number of nitro groups is 1. The highest BCUT2D eigenvalue weighted by atomic mass is 32.2. The van der Waals surface area contributed by atoms with Crippen molar-refractivity contribution in [2.45, 2.75) is 4.90 Å². The first-order valence-electron chi connectivity index (χ1n) is 10.1. The molecule has 0 saturated carbocycles. The van der Waals surface area contributed by atoms with Crippen LogP contribution in [0.25, 0.3) is 11.1 Å². The Morgan fingerprint density at radius 2 is 1.71 bits per heavy atom. The maximum Gasteiger partial charge on any atom is 0.338 e. The van der Waals surface area contributed by atoms with Crippen molar-refractivity contribution in [2.75, 3.05) is 32.4 Å². The molecule has 0 aliphatic carbocycles. The zero-order chi connectivity index (χ0) is 25.3. The Morgan fingerprint density at radius 3 is 2.29 bits per heavy atom. The van der Waals surface area contributed by atoms with Crippen molar-refractivity contribution in [1.82, 2.24) is 0 Å². The topological polar surface area (TPSA) is 135 Å². The van der Waals surface area contributed by atoms with Crippen molar-refractivity contribution in [3.05, 3.63) is 70.3 Å². The predicted octanol–water partition coefficient (Wildman–Crippen LogP) is 3.61. The number of methoxy groups -OCH3 is 2. The molecule has 3 aromatic carbocycles. The molecule has 0 aromatic heterocycles. The Hall–Kier alpha value is -4.32. The summed E-state index contributed by atoms with van der Waals surface area (Å²) < 4.78 is 48.4. The molecular formula is C23H20N2O9S. The number of hydrogen-bond donors (Lipinski definition) is 0. The third-order valence-corrected chi connectivity index (χ3v) is 7.25. The molecule has 4 rings (SSSR count). The van der Waals surface area contributed by atoms with Gasteiger partial charge in [0.2, 0.25) is 12.5 Å². The van der Waals surface area contributed by atoms with Crippen LogP contribution in [0.4, 0.5) is 11.4 Å². The number of fused-ring (bicyclic) bond motifs is 1. The van der Waals surface area contributed by atoms with E-state index in [2.05, 4.69) is 0 Å². The molecule has 35 heavy (non-hydrogen) atoms. The molecule has 1 aliphatic heterocycles. The number of carbonyl (C=O) groups excluding carboxylic acids is 1. The Bertz CT molecular complexity index is 1400. The van der Waals surface area contributed by atoms with Crippen LogP contribution in [0.3, 0.4) is 0 Å². The third-order valence-electron chi connectivity index (χ3n) is 5.45. The second kappa shape index (κ2) is 9.14. The van der Waals surface area contributed by atoms with Gasteiger partial charge in [-0.2, -0.15) is 0 Å². The second-order valence-corrected chi connectivity index (χ2v) is 9.30. The summed E-state index contributed by atoms with van der Waals surface area (Å²) in [6.07, 6.45) is 0. The van der Waals surface area contributed by atoms with Crippen molar-refractivity contribution >= 4 is 27.4 Å². The molecule has 0 fully saturated rings. The maximum atomic E-state index is 13.0. The van der Waals surface area contributed by atoms with Crippen LogP contribution < -0.4 is 18.5 Å². The van der Waals surface area contributed by atoms with Crippen LogP contribution in [0.1, 0.15) is 10.4 Å². The van der Waals surface area contributed by atoms with Gasteiger partial charge in [-0.25, -0.2) is 13.2 Å².